The van der Waals surface area contributed by atoms with Crippen LogP contribution in [0.3, 0.4) is 0 Å². The van der Waals surface area contributed by atoms with E-state index < -0.39 is 15.6 Å². The smallest absolute Gasteiger partial charge is 0.251 e. The summed E-state index contributed by atoms with van der Waals surface area (Å²) in [4.78, 5) is 13.1. The van der Waals surface area contributed by atoms with Gasteiger partial charge in [0.25, 0.3) is 5.91 Å². The number of aryl methyl sites for hydroxylation is 3. The van der Waals surface area contributed by atoms with Crippen molar-refractivity contribution >= 4 is 21.6 Å². The number of sulfonamides is 1. The van der Waals surface area contributed by atoms with Crippen molar-refractivity contribution in [2.24, 2.45) is 0 Å². The number of nitrogens with zero attached hydrogens (tertiary/aromatic N) is 1. The predicted octanol–water partition coefficient (Wildman–Crippen LogP) is 5.61. The number of rotatable bonds is 6. The van der Waals surface area contributed by atoms with E-state index in [1.165, 1.54) is 10.6 Å². The van der Waals surface area contributed by atoms with E-state index in [1.54, 1.807) is 12.1 Å². The van der Waals surface area contributed by atoms with Crippen LogP contribution < -0.4 is 14.4 Å². The Kier molecular flexibility index (Phi) is 6.88. The van der Waals surface area contributed by atoms with Gasteiger partial charge in [-0.25, -0.2) is 8.42 Å². The molecule has 6 nitrogen and oxygen atoms in total. The van der Waals surface area contributed by atoms with Gasteiger partial charge in [0.1, 0.15) is 11.4 Å². The molecule has 0 bridgehead atoms. The summed E-state index contributed by atoms with van der Waals surface area (Å²) < 4.78 is 32.9. The zero-order valence-corrected chi connectivity index (χ0v) is 22.6. The van der Waals surface area contributed by atoms with E-state index in [4.69, 9.17) is 4.74 Å². The van der Waals surface area contributed by atoms with Crippen LogP contribution in [0.15, 0.2) is 60.7 Å². The summed E-state index contributed by atoms with van der Waals surface area (Å²) in [5.74, 6) is 0.629. The lowest BCUT2D eigenvalue weighted by Gasteiger charge is -2.38. The molecule has 0 spiro atoms. The van der Waals surface area contributed by atoms with Gasteiger partial charge in [-0.2, -0.15) is 0 Å². The van der Waals surface area contributed by atoms with Crippen LogP contribution in [0.1, 0.15) is 64.5 Å². The van der Waals surface area contributed by atoms with Crippen LogP contribution in [0.4, 0.5) is 5.69 Å². The molecule has 36 heavy (non-hydrogen) atoms. The molecule has 1 heterocycles. The fourth-order valence-electron chi connectivity index (χ4n) is 4.82. The maximum Gasteiger partial charge on any atom is 0.251 e. The van der Waals surface area contributed by atoms with Gasteiger partial charge >= 0.3 is 0 Å². The molecule has 1 aliphatic rings. The number of hydrogen-bond donors (Lipinski definition) is 1. The number of fused-ring (bicyclic) bond motifs is 1. The highest BCUT2D eigenvalue weighted by Gasteiger charge is 2.34. The van der Waals surface area contributed by atoms with E-state index in [-0.39, 0.29) is 18.5 Å². The predicted molar refractivity (Wildman–Crippen MR) is 144 cm³/mol. The highest BCUT2D eigenvalue weighted by molar-refractivity contribution is 7.92. The number of nitrogens with one attached hydrogen (secondary N) is 1. The lowest BCUT2D eigenvalue weighted by molar-refractivity contribution is 0.0619. The summed E-state index contributed by atoms with van der Waals surface area (Å²) in [5, 5.41) is 3.17. The zero-order chi connectivity index (χ0) is 26.3. The summed E-state index contributed by atoms with van der Waals surface area (Å²) in [7, 11) is -3.51. The summed E-state index contributed by atoms with van der Waals surface area (Å²) in [6, 6.07) is 18.7. The van der Waals surface area contributed by atoms with Crippen LogP contribution in [-0.2, 0) is 16.6 Å². The van der Waals surface area contributed by atoms with Gasteiger partial charge in [-0.1, -0.05) is 42.5 Å². The second kappa shape index (κ2) is 9.62. The minimum Gasteiger partial charge on any atom is -0.487 e. The molecule has 0 saturated heterocycles. The van der Waals surface area contributed by atoms with E-state index in [0.29, 0.717) is 17.7 Å². The Labute approximate surface area is 214 Å². The van der Waals surface area contributed by atoms with Gasteiger partial charge < -0.3 is 10.1 Å². The second-order valence-corrected chi connectivity index (χ2v) is 12.2. The van der Waals surface area contributed by atoms with Gasteiger partial charge in [-0.3, -0.25) is 9.10 Å². The SMILES string of the molecule is Cc1ccc2c(c1)OC(C)(C)C[C@H]2NC(=O)c1ccc(CN(c2c(C)cccc2C)S(C)(=O)=O)cc1. The number of benzene rings is 3. The molecule has 3 aromatic carbocycles. The van der Waals surface area contributed by atoms with Gasteiger partial charge in [-0.15, -0.1) is 0 Å². The highest BCUT2D eigenvalue weighted by atomic mass is 32.2. The van der Waals surface area contributed by atoms with Crippen LogP contribution >= 0.6 is 0 Å². The average molecular weight is 507 g/mol. The topological polar surface area (TPSA) is 75.7 Å². The first-order chi connectivity index (χ1) is 16.8. The molecule has 190 valence electrons. The highest BCUT2D eigenvalue weighted by Crippen LogP contribution is 2.40. The van der Waals surface area contributed by atoms with Crippen molar-refractivity contribution in [3.63, 3.8) is 0 Å². The van der Waals surface area contributed by atoms with Crippen molar-refractivity contribution in [3.05, 3.63) is 94.0 Å². The third-order valence-corrected chi connectivity index (χ3v) is 7.68. The van der Waals surface area contributed by atoms with Crippen LogP contribution in [0.25, 0.3) is 0 Å². The molecular weight excluding hydrogens is 472 g/mol. The standard InChI is InChI=1S/C29H34N2O4S/c1-19-10-15-24-25(17-29(4,5)35-26(24)16-19)30-28(32)23-13-11-22(12-14-23)18-31(36(6,33)34)27-20(2)8-7-9-21(27)3/h7-16,25H,17-18H2,1-6H3,(H,30,32)/t25-/m1/s1. The Hall–Kier alpha value is -3.32. The maximum absolute atomic E-state index is 13.1. The molecule has 0 aliphatic carbocycles. The molecule has 1 atom stereocenters. The molecule has 0 radical (unpaired) electrons. The Balaban J connectivity index is 1.54. The molecular formula is C29H34N2O4S. The Bertz CT molecular complexity index is 1380. The van der Waals surface area contributed by atoms with E-state index in [9.17, 15) is 13.2 Å². The maximum atomic E-state index is 13.1. The Morgan fingerprint density at radius 2 is 1.67 bits per heavy atom. The lowest BCUT2D eigenvalue weighted by Crippen LogP contribution is -2.41. The molecule has 4 rings (SSSR count). The van der Waals surface area contributed by atoms with E-state index in [2.05, 4.69) is 5.32 Å². The number of carbonyl (C=O) groups excluding carboxylic acids is 1. The number of carbonyl (C=O) groups is 1. The molecule has 1 aliphatic heterocycles. The zero-order valence-electron chi connectivity index (χ0n) is 21.8. The van der Waals surface area contributed by atoms with Gasteiger partial charge in [0, 0.05) is 17.5 Å². The summed E-state index contributed by atoms with van der Waals surface area (Å²) in [6.45, 7) is 10.1. The van der Waals surface area contributed by atoms with E-state index in [0.717, 1.165) is 33.6 Å². The number of ether oxygens (including phenoxy) is 1. The van der Waals surface area contributed by atoms with Crippen molar-refractivity contribution in [3.8, 4) is 5.75 Å². The summed E-state index contributed by atoms with van der Waals surface area (Å²) >= 11 is 0. The molecule has 3 aromatic rings. The number of para-hydroxylation sites is 1. The van der Waals surface area contributed by atoms with Crippen molar-refractivity contribution in [1.82, 2.24) is 5.32 Å². The summed E-state index contributed by atoms with van der Waals surface area (Å²) in [6.07, 6.45) is 1.88. The normalized spacial score (nSPS) is 16.6. The monoisotopic (exact) mass is 506 g/mol. The second-order valence-electron chi connectivity index (χ2n) is 10.3. The number of amides is 1. The Morgan fingerprint density at radius 3 is 2.28 bits per heavy atom. The lowest BCUT2D eigenvalue weighted by atomic mass is 9.89. The minimum atomic E-state index is -3.51. The molecule has 1 N–H and O–H groups in total. The Morgan fingerprint density at radius 1 is 1.03 bits per heavy atom. The largest absolute Gasteiger partial charge is 0.487 e. The summed E-state index contributed by atoms with van der Waals surface area (Å²) in [5.41, 5.74) is 5.49. The van der Waals surface area contributed by atoms with E-state index in [1.807, 2.05) is 83.1 Å². The van der Waals surface area contributed by atoms with Crippen molar-refractivity contribution in [2.75, 3.05) is 10.6 Å². The average Bonchev–Trinajstić information content (AvgIpc) is 2.77. The molecule has 0 saturated carbocycles. The first-order valence-corrected chi connectivity index (χ1v) is 13.9. The van der Waals surface area contributed by atoms with Crippen molar-refractivity contribution in [1.29, 1.82) is 0 Å². The number of anilines is 1. The molecule has 7 heteroatoms. The van der Waals surface area contributed by atoms with Crippen LogP contribution in [0.5, 0.6) is 5.75 Å². The fraction of sp³-hybridized carbons (Fsp3) is 0.345. The number of hydrogen-bond acceptors (Lipinski definition) is 4. The van der Waals surface area contributed by atoms with Gasteiger partial charge in [0.15, 0.2) is 0 Å². The van der Waals surface area contributed by atoms with Crippen LogP contribution in [0, 0.1) is 20.8 Å². The molecule has 0 unspecified atom stereocenters. The first-order valence-electron chi connectivity index (χ1n) is 12.1. The van der Waals surface area contributed by atoms with Crippen molar-refractivity contribution < 1.29 is 17.9 Å². The van der Waals surface area contributed by atoms with Gasteiger partial charge in [0.05, 0.1) is 24.5 Å². The molecule has 0 aromatic heterocycles. The van der Waals surface area contributed by atoms with E-state index >= 15 is 0 Å². The van der Waals surface area contributed by atoms with Crippen molar-refractivity contribution in [2.45, 2.75) is 59.2 Å². The molecule has 1 amide bonds. The first kappa shape index (κ1) is 25.8. The minimum absolute atomic E-state index is 0.165. The quantitative estimate of drug-likeness (QED) is 0.472. The van der Waals surface area contributed by atoms with Crippen LogP contribution in [-0.4, -0.2) is 26.2 Å². The molecule has 0 fully saturated rings. The van der Waals surface area contributed by atoms with Gasteiger partial charge in [0.2, 0.25) is 10.0 Å². The van der Waals surface area contributed by atoms with Gasteiger partial charge in [-0.05, 0) is 75.1 Å². The third kappa shape index (κ3) is 5.57. The van der Waals surface area contributed by atoms with Crippen LogP contribution in [0.2, 0.25) is 0 Å². The fourth-order valence-corrected chi connectivity index (χ4v) is 5.82. The third-order valence-electron chi connectivity index (χ3n) is 6.56.